The van der Waals surface area contributed by atoms with Crippen molar-refractivity contribution in [3.63, 3.8) is 0 Å². The molecule has 1 aromatic heterocycles. The topological polar surface area (TPSA) is 135 Å². The SMILES string of the molecule is CCn1c2ccc(C(=O)COC(=O)/C=C/c3ccc(O)c(O)c3)cc2c2cc(C(=O)COC(=O)CCCc3ccc(N(CCCl)CCCl)cc3)ccc21. The van der Waals surface area contributed by atoms with Gasteiger partial charge in [-0.3, -0.25) is 14.4 Å². The number of carbonyl (C=O) groups excluding carboxylic acids is 4. The van der Waals surface area contributed by atoms with E-state index >= 15 is 0 Å². The molecule has 276 valence electrons. The molecule has 5 rings (SSSR count). The highest BCUT2D eigenvalue weighted by atomic mass is 35.5. The first kappa shape index (κ1) is 38.9. The minimum absolute atomic E-state index is 0.175. The minimum atomic E-state index is -0.752. The number of benzene rings is 4. The van der Waals surface area contributed by atoms with Gasteiger partial charge in [-0.05, 0) is 97.6 Å². The van der Waals surface area contributed by atoms with E-state index in [0.29, 0.717) is 60.9 Å². The van der Waals surface area contributed by atoms with Crippen molar-refractivity contribution < 1.29 is 38.9 Å². The number of ketones is 2. The standard InChI is InChI=1S/C41H40Cl2N2O8/c1-2-45-34-14-10-29(38(48)25-52-40(50)5-3-4-27-6-12-31(13-7-27)44(20-18-42)21-19-43)23-32(34)33-24-30(11-15-35(33)45)39(49)26-53-41(51)17-9-28-8-16-36(46)37(47)22-28/h6-17,22-24,46-47H,2-5,18-21,25-26H2,1H3/b17-9+. The molecule has 0 aliphatic carbocycles. The normalized spacial score (nSPS) is 11.3. The van der Waals surface area contributed by atoms with E-state index in [1.165, 1.54) is 24.3 Å². The van der Waals surface area contributed by atoms with Gasteiger partial charge in [0.2, 0.25) is 0 Å². The minimum Gasteiger partial charge on any atom is -0.504 e. The number of fused-ring (bicyclic) bond motifs is 3. The van der Waals surface area contributed by atoms with E-state index in [4.69, 9.17) is 32.7 Å². The van der Waals surface area contributed by atoms with Gasteiger partial charge in [0.15, 0.2) is 36.3 Å². The van der Waals surface area contributed by atoms with Gasteiger partial charge in [0, 0.05) is 82.5 Å². The number of phenolic OH excluding ortho intramolecular Hbond substituents is 2. The van der Waals surface area contributed by atoms with Crippen LogP contribution in [-0.2, 0) is 32.0 Å². The molecule has 10 nitrogen and oxygen atoms in total. The maximum Gasteiger partial charge on any atom is 0.331 e. The number of Topliss-reactive ketones (excluding diaryl/α,β-unsaturated/α-hetero) is 2. The first-order valence-electron chi connectivity index (χ1n) is 17.2. The van der Waals surface area contributed by atoms with E-state index < -0.39 is 24.3 Å². The van der Waals surface area contributed by atoms with Crippen molar-refractivity contribution in [2.24, 2.45) is 0 Å². The Morgan fingerprint density at radius 3 is 1.92 bits per heavy atom. The molecule has 0 saturated carbocycles. The Morgan fingerprint density at radius 1 is 0.755 bits per heavy atom. The average molecular weight is 760 g/mol. The lowest BCUT2D eigenvalue weighted by atomic mass is 10.0. The molecule has 5 aromatic rings. The van der Waals surface area contributed by atoms with Gasteiger partial charge in [-0.15, -0.1) is 23.2 Å². The summed E-state index contributed by atoms with van der Waals surface area (Å²) in [6.45, 7) is 3.17. The third-order valence-electron chi connectivity index (χ3n) is 8.80. The lowest BCUT2D eigenvalue weighted by molar-refractivity contribution is -0.142. The van der Waals surface area contributed by atoms with Crippen LogP contribution in [0.25, 0.3) is 27.9 Å². The maximum atomic E-state index is 13.1. The quantitative estimate of drug-likeness (QED) is 0.0303. The van der Waals surface area contributed by atoms with Gasteiger partial charge in [0.1, 0.15) is 0 Å². The number of hydrogen-bond donors (Lipinski definition) is 2. The van der Waals surface area contributed by atoms with Crippen molar-refractivity contribution in [2.45, 2.75) is 32.7 Å². The van der Waals surface area contributed by atoms with Crippen molar-refractivity contribution in [1.82, 2.24) is 4.57 Å². The Kier molecular flexibility index (Phi) is 13.5. The third kappa shape index (κ3) is 9.97. The molecule has 0 aliphatic heterocycles. The van der Waals surface area contributed by atoms with Crippen LogP contribution in [0.2, 0.25) is 0 Å². The van der Waals surface area contributed by atoms with Gasteiger partial charge in [-0.2, -0.15) is 0 Å². The second-order valence-corrected chi connectivity index (χ2v) is 13.0. The second kappa shape index (κ2) is 18.4. The van der Waals surface area contributed by atoms with Gasteiger partial charge in [-0.1, -0.05) is 18.2 Å². The zero-order valence-electron chi connectivity index (χ0n) is 29.2. The van der Waals surface area contributed by atoms with Gasteiger partial charge in [-0.25, -0.2) is 4.79 Å². The number of aromatic hydroxyl groups is 2. The predicted octanol–water partition coefficient (Wildman–Crippen LogP) is 7.70. The molecule has 2 N–H and O–H groups in total. The Hall–Kier alpha value is -5.32. The lowest BCUT2D eigenvalue weighted by Gasteiger charge is -2.23. The maximum absolute atomic E-state index is 13.1. The molecule has 0 aliphatic rings. The highest BCUT2D eigenvalue weighted by Gasteiger charge is 2.17. The molecule has 1 heterocycles. The number of aromatic nitrogens is 1. The molecule has 0 fully saturated rings. The largest absolute Gasteiger partial charge is 0.504 e. The van der Waals surface area contributed by atoms with Crippen molar-refractivity contribution in [3.8, 4) is 11.5 Å². The van der Waals surface area contributed by atoms with Gasteiger partial charge in [0.05, 0.1) is 0 Å². The monoisotopic (exact) mass is 758 g/mol. The van der Waals surface area contributed by atoms with Crippen molar-refractivity contribution >= 4 is 80.3 Å². The van der Waals surface area contributed by atoms with Gasteiger partial charge in [0.25, 0.3) is 0 Å². The van der Waals surface area contributed by atoms with Crippen molar-refractivity contribution in [2.75, 3.05) is 43.0 Å². The Balaban J connectivity index is 1.18. The summed E-state index contributed by atoms with van der Waals surface area (Å²) in [6, 6.07) is 22.6. The van der Waals surface area contributed by atoms with Crippen LogP contribution in [0, 0.1) is 0 Å². The number of rotatable bonds is 18. The fourth-order valence-electron chi connectivity index (χ4n) is 6.05. The van der Waals surface area contributed by atoms with Crippen LogP contribution in [0.4, 0.5) is 5.69 Å². The van der Waals surface area contributed by atoms with E-state index in [9.17, 15) is 29.4 Å². The van der Waals surface area contributed by atoms with Gasteiger partial charge >= 0.3 is 11.9 Å². The molecule has 4 aromatic carbocycles. The molecule has 0 spiro atoms. The Morgan fingerprint density at radius 2 is 1.36 bits per heavy atom. The third-order valence-corrected chi connectivity index (χ3v) is 9.14. The zero-order chi connectivity index (χ0) is 37.9. The van der Waals surface area contributed by atoms with Crippen LogP contribution in [0.3, 0.4) is 0 Å². The van der Waals surface area contributed by atoms with Crippen LogP contribution in [-0.4, -0.2) is 76.3 Å². The molecule has 0 amide bonds. The van der Waals surface area contributed by atoms with Crippen molar-refractivity contribution in [1.29, 1.82) is 0 Å². The van der Waals surface area contributed by atoms with Crippen LogP contribution < -0.4 is 4.90 Å². The van der Waals surface area contributed by atoms with E-state index in [-0.39, 0.29) is 30.3 Å². The smallest absolute Gasteiger partial charge is 0.331 e. The second-order valence-electron chi connectivity index (χ2n) is 12.3. The summed E-state index contributed by atoms with van der Waals surface area (Å²) in [4.78, 5) is 53.1. The number of hydrogen-bond acceptors (Lipinski definition) is 9. The summed E-state index contributed by atoms with van der Waals surface area (Å²) in [6.07, 6.45) is 3.94. The number of phenols is 2. The van der Waals surface area contributed by atoms with E-state index in [0.717, 1.165) is 39.1 Å². The first-order valence-corrected chi connectivity index (χ1v) is 18.3. The van der Waals surface area contributed by atoms with Crippen molar-refractivity contribution in [3.05, 3.63) is 107 Å². The molecule has 0 bridgehead atoms. The summed E-state index contributed by atoms with van der Waals surface area (Å²) in [5.41, 5.74) is 5.02. The fourth-order valence-corrected chi connectivity index (χ4v) is 6.46. The number of aryl methyl sites for hydroxylation is 2. The molecular weight excluding hydrogens is 719 g/mol. The molecule has 0 atom stereocenters. The van der Waals surface area contributed by atoms with Crippen LogP contribution >= 0.6 is 23.2 Å². The lowest BCUT2D eigenvalue weighted by Crippen LogP contribution is -2.27. The number of esters is 2. The average Bonchev–Trinajstić information content (AvgIpc) is 3.48. The summed E-state index contributed by atoms with van der Waals surface area (Å²) in [7, 11) is 0. The summed E-state index contributed by atoms with van der Waals surface area (Å²) in [5, 5.41) is 20.6. The molecule has 0 unspecified atom stereocenters. The highest BCUT2D eigenvalue weighted by molar-refractivity contribution is 6.18. The van der Waals surface area contributed by atoms with E-state index in [1.807, 2.05) is 43.3 Å². The Labute approximate surface area is 317 Å². The molecule has 12 heteroatoms. The number of alkyl halides is 2. The number of halogens is 2. The number of carbonyl (C=O) groups is 4. The number of anilines is 1. The van der Waals surface area contributed by atoms with Crippen LogP contribution in [0.5, 0.6) is 11.5 Å². The Bertz CT molecular complexity index is 2140. The number of nitrogens with zero attached hydrogens (tertiary/aromatic N) is 2. The summed E-state index contributed by atoms with van der Waals surface area (Å²) < 4.78 is 12.6. The van der Waals surface area contributed by atoms with E-state index in [2.05, 4.69) is 9.47 Å². The van der Waals surface area contributed by atoms with Gasteiger partial charge < -0.3 is 29.2 Å². The van der Waals surface area contributed by atoms with Crippen LogP contribution in [0.1, 0.15) is 51.6 Å². The number of ether oxygens (including phenoxy) is 2. The highest BCUT2D eigenvalue weighted by Crippen LogP contribution is 2.31. The predicted molar refractivity (Wildman–Crippen MR) is 208 cm³/mol. The molecule has 0 radical (unpaired) electrons. The fraction of sp³-hybridized carbons (Fsp3) is 0.268. The summed E-state index contributed by atoms with van der Waals surface area (Å²) in [5.74, 6) is -1.57. The van der Waals surface area contributed by atoms with E-state index in [1.54, 1.807) is 24.3 Å². The molecule has 0 saturated heterocycles. The summed E-state index contributed by atoms with van der Waals surface area (Å²) >= 11 is 11.8. The first-order chi connectivity index (χ1) is 25.6. The molecular formula is C41H40Cl2N2O8. The van der Waals surface area contributed by atoms with Crippen LogP contribution in [0.15, 0.2) is 84.9 Å². The zero-order valence-corrected chi connectivity index (χ0v) is 30.7. The molecule has 53 heavy (non-hydrogen) atoms.